The molecule has 1 aromatic carbocycles. The molecule has 0 bridgehead atoms. The fraction of sp³-hybridized carbons (Fsp3) is 0.500. The zero-order valence-electron chi connectivity index (χ0n) is 8.21. The van der Waals surface area contributed by atoms with Crippen LogP contribution in [0.5, 0.6) is 5.75 Å². The summed E-state index contributed by atoms with van der Waals surface area (Å²) in [6, 6.07) is 10.0. The van der Waals surface area contributed by atoms with E-state index in [1.165, 1.54) is 25.7 Å². The van der Waals surface area contributed by atoms with Gasteiger partial charge in [-0.3, -0.25) is 0 Å². The number of para-hydroxylation sites is 1. The van der Waals surface area contributed by atoms with E-state index in [-0.39, 0.29) is 4.32 Å². The molecule has 0 aliphatic heterocycles. The molecule has 0 heterocycles. The van der Waals surface area contributed by atoms with Crippen LogP contribution < -0.4 is 4.74 Å². The molecule has 0 aromatic heterocycles. The Kier molecular flexibility index (Phi) is 3.12. The van der Waals surface area contributed by atoms with E-state index in [2.05, 4.69) is 15.9 Å². The minimum absolute atomic E-state index is 0.239. The highest BCUT2D eigenvalue weighted by molar-refractivity contribution is 9.10. The van der Waals surface area contributed by atoms with Gasteiger partial charge in [-0.1, -0.05) is 47.0 Å². The zero-order valence-corrected chi connectivity index (χ0v) is 9.79. The topological polar surface area (TPSA) is 9.23 Å². The maximum Gasteiger partial charge on any atom is 0.119 e. The highest BCUT2D eigenvalue weighted by atomic mass is 79.9. The first-order chi connectivity index (χ1) is 6.79. The number of ether oxygens (including phenoxy) is 1. The molecule has 2 heteroatoms. The monoisotopic (exact) mass is 254 g/mol. The predicted octanol–water partition coefficient (Wildman–Crippen LogP) is 3.77. The number of rotatable bonds is 3. The van der Waals surface area contributed by atoms with Crippen LogP contribution in [0.1, 0.15) is 25.7 Å². The van der Waals surface area contributed by atoms with E-state index in [1.807, 2.05) is 30.3 Å². The standard InChI is InChI=1S/C12H15BrO/c13-12(8-4-5-9-12)10-14-11-6-2-1-3-7-11/h1-3,6-7H,4-5,8-10H2. The lowest BCUT2D eigenvalue weighted by Gasteiger charge is -2.21. The molecule has 0 atom stereocenters. The van der Waals surface area contributed by atoms with Crippen molar-refractivity contribution < 1.29 is 4.74 Å². The lowest BCUT2D eigenvalue weighted by atomic mass is 10.1. The molecule has 0 amide bonds. The Balaban J connectivity index is 1.88. The van der Waals surface area contributed by atoms with Crippen molar-refractivity contribution in [3.8, 4) is 5.75 Å². The van der Waals surface area contributed by atoms with Gasteiger partial charge in [-0.05, 0) is 25.0 Å². The number of halogens is 1. The molecular weight excluding hydrogens is 240 g/mol. The molecule has 76 valence electrons. The molecule has 1 aliphatic carbocycles. The molecule has 1 aliphatic rings. The van der Waals surface area contributed by atoms with Crippen molar-refractivity contribution in [3.05, 3.63) is 30.3 Å². The lowest BCUT2D eigenvalue weighted by Crippen LogP contribution is -2.25. The third-order valence-corrected chi connectivity index (χ3v) is 3.76. The highest BCUT2D eigenvalue weighted by Gasteiger charge is 2.31. The number of hydrogen-bond donors (Lipinski definition) is 0. The van der Waals surface area contributed by atoms with Crippen molar-refractivity contribution in [1.29, 1.82) is 0 Å². The van der Waals surface area contributed by atoms with Crippen LogP contribution in [0.15, 0.2) is 30.3 Å². The molecule has 0 N–H and O–H groups in total. The van der Waals surface area contributed by atoms with Crippen LogP contribution in [-0.4, -0.2) is 10.9 Å². The molecule has 1 saturated carbocycles. The molecule has 1 nitrogen and oxygen atoms in total. The first-order valence-electron chi connectivity index (χ1n) is 5.15. The Morgan fingerprint density at radius 2 is 1.79 bits per heavy atom. The Hall–Kier alpha value is -0.500. The summed E-state index contributed by atoms with van der Waals surface area (Å²) in [5.74, 6) is 0.971. The molecule has 1 aromatic rings. The minimum atomic E-state index is 0.239. The summed E-state index contributed by atoms with van der Waals surface area (Å²) in [5, 5.41) is 0. The summed E-state index contributed by atoms with van der Waals surface area (Å²) in [6.45, 7) is 0.789. The van der Waals surface area contributed by atoms with E-state index >= 15 is 0 Å². The Morgan fingerprint density at radius 1 is 1.14 bits per heavy atom. The highest BCUT2D eigenvalue weighted by Crippen LogP contribution is 2.37. The van der Waals surface area contributed by atoms with Gasteiger partial charge in [-0.15, -0.1) is 0 Å². The fourth-order valence-corrected chi connectivity index (χ4v) is 2.56. The Morgan fingerprint density at radius 3 is 2.43 bits per heavy atom. The van der Waals surface area contributed by atoms with E-state index in [1.54, 1.807) is 0 Å². The van der Waals surface area contributed by atoms with Gasteiger partial charge in [0.15, 0.2) is 0 Å². The van der Waals surface area contributed by atoms with Gasteiger partial charge in [0, 0.05) is 0 Å². The van der Waals surface area contributed by atoms with Crippen LogP contribution >= 0.6 is 15.9 Å². The SMILES string of the molecule is BrC1(COc2ccccc2)CCCC1. The van der Waals surface area contributed by atoms with Crippen molar-refractivity contribution in [2.24, 2.45) is 0 Å². The fourth-order valence-electron chi connectivity index (χ4n) is 1.88. The zero-order chi connectivity index (χ0) is 9.86. The Bertz CT molecular complexity index is 278. The third-order valence-electron chi connectivity index (χ3n) is 2.74. The molecule has 0 saturated heterocycles. The van der Waals surface area contributed by atoms with Gasteiger partial charge in [0.25, 0.3) is 0 Å². The number of benzene rings is 1. The molecule has 0 radical (unpaired) electrons. The summed E-state index contributed by atoms with van der Waals surface area (Å²) < 4.78 is 5.98. The summed E-state index contributed by atoms with van der Waals surface area (Å²) in [7, 11) is 0. The predicted molar refractivity (Wildman–Crippen MR) is 62.1 cm³/mol. The van der Waals surface area contributed by atoms with E-state index in [0.717, 1.165) is 12.4 Å². The molecule has 0 spiro atoms. The van der Waals surface area contributed by atoms with Gasteiger partial charge in [0.05, 0.1) is 4.32 Å². The average Bonchev–Trinajstić information content (AvgIpc) is 2.65. The quantitative estimate of drug-likeness (QED) is 0.747. The van der Waals surface area contributed by atoms with Crippen molar-refractivity contribution in [2.45, 2.75) is 30.0 Å². The van der Waals surface area contributed by atoms with E-state index < -0.39 is 0 Å². The van der Waals surface area contributed by atoms with Crippen molar-refractivity contribution in [2.75, 3.05) is 6.61 Å². The van der Waals surface area contributed by atoms with Crippen molar-refractivity contribution >= 4 is 15.9 Å². The number of alkyl halides is 1. The van der Waals surface area contributed by atoms with Gasteiger partial charge >= 0.3 is 0 Å². The maximum atomic E-state index is 5.75. The van der Waals surface area contributed by atoms with Crippen LogP contribution in [0.4, 0.5) is 0 Å². The average molecular weight is 255 g/mol. The smallest absolute Gasteiger partial charge is 0.119 e. The van der Waals surface area contributed by atoms with Crippen LogP contribution in [0.2, 0.25) is 0 Å². The van der Waals surface area contributed by atoms with Crippen LogP contribution in [-0.2, 0) is 0 Å². The largest absolute Gasteiger partial charge is 0.492 e. The maximum absolute atomic E-state index is 5.75. The Labute approximate surface area is 93.6 Å². The van der Waals surface area contributed by atoms with Crippen LogP contribution in [0.3, 0.4) is 0 Å². The lowest BCUT2D eigenvalue weighted by molar-refractivity contribution is 0.275. The first kappa shape index (κ1) is 10.0. The molecule has 0 unspecified atom stereocenters. The second-order valence-corrected chi connectivity index (χ2v) is 5.64. The van der Waals surface area contributed by atoms with Crippen LogP contribution in [0.25, 0.3) is 0 Å². The summed E-state index contributed by atoms with van der Waals surface area (Å²) in [5.41, 5.74) is 0. The summed E-state index contributed by atoms with van der Waals surface area (Å²) in [6.07, 6.45) is 5.12. The van der Waals surface area contributed by atoms with E-state index in [0.29, 0.717) is 0 Å². The van der Waals surface area contributed by atoms with Gasteiger partial charge in [-0.25, -0.2) is 0 Å². The van der Waals surface area contributed by atoms with Crippen molar-refractivity contribution in [1.82, 2.24) is 0 Å². The summed E-state index contributed by atoms with van der Waals surface area (Å²) in [4.78, 5) is 0. The van der Waals surface area contributed by atoms with Crippen LogP contribution in [0, 0.1) is 0 Å². The molecule has 2 rings (SSSR count). The summed E-state index contributed by atoms with van der Waals surface area (Å²) >= 11 is 3.78. The minimum Gasteiger partial charge on any atom is -0.492 e. The van der Waals surface area contributed by atoms with Gasteiger partial charge in [-0.2, -0.15) is 0 Å². The molecule has 1 fully saturated rings. The van der Waals surface area contributed by atoms with Gasteiger partial charge in [0.2, 0.25) is 0 Å². The second kappa shape index (κ2) is 4.35. The normalized spacial score (nSPS) is 19.5. The number of hydrogen-bond acceptors (Lipinski definition) is 1. The second-order valence-electron chi connectivity index (χ2n) is 3.96. The van der Waals surface area contributed by atoms with E-state index in [4.69, 9.17) is 4.74 Å². The molecule has 14 heavy (non-hydrogen) atoms. The third kappa shape index (κ3) is 2.50. The first-order valence-corrected chi connectivity index (χ1v) is 5.95. The van der Waals surface area contributed by atoms with Crippen molar-refractivity contribution in [3.63, 3.8) is 0 Å². The van der Waals surface area contributed by atoms with E-state index in [9.17, 15) is 0 Å². The van der Waals surface area contributed by atoms with Gasteiger partial charge in [0.1, 0.15) is 12.4 Å². The van der Waals surface area contributed by atoms with Gasteiger partial charge < -0.3 is 4.74 Å². The molecular formula is C12H15BrO.